The van der Waals surface area contributed by atoms with E-state index in [9.17, 15) is 112 Å². The Balaban J connectivity index is 0.00000486. The molecule has 1 aliphatic carbocycles. The molecule has 4 aromatic carbocycles. The van der Waals surface area contributed by atoms with Crippen molar-refractivity contribution in [2.75, 3.05) is 75.4 Å². The van der Waals surface area contributed by atoms with Crippen molar-refractivity contribution in [3.63, 3.8) is 0 Å². The van der Waals surface area contributed by atoms with Crippen molar-refractivity contribution in [2.24, 2.45) is 23.7 Å². The molecule has 40 heteroatoms. The van der Waals surface area contributed by atoms with E-state index in [1.54, 1.807) is 0 Å². The van der Waals surface area contributed by atoms with Crippen LogP contribution < -0.4 is 139 Å². The molecule has 4 aromatic rings. The summed E-state index contributed by atoms with van der Waals surface area (Å²) in [5, 5.41) is 157. The maximum atomic E-state index is 16.0. The van der Waals surface area contributed by atoms with Crippen LogP contribution in [0.4, 0.5) is 0 Å². The van der Waals surface area contributed by atoms with E-state index in [1.807, 2.05) is 0 Å². The molecule has 4 unspecified atom stereocenters. The second-order valence-corrected chi connectivity index (χ2v) is 33.3. The van der Waals surface area contributed by atoms with Gasteiger partial charge in [-0.05, 0) is 137 Å². The number of rotatable bonds is 24. The van der Waals surface area contributed by atoms with Gasteiger partial charge in [0.25, 0.3) is 40.5 Å². The van der Waals surface area contributed by atoms with E-state index in [0.717, 1.165) is 24.3 Å². The van der Waals surface area contributed by atoms with Crippen LogP contribution in [0.3, 0.4) is 0 Å². The summed E-state index contributed by atoms with van der Waals surface area (Å²) in [4.78, 5) is 55.8. The summed E-state index contributed by atoms with van der Waals surface area (Å²) in [6.45, 7) is -3.77. The van der Waals surface area contributed by atoms with Gasteiger partial charge in [0, 0.05) is 109 Å². The Morgan fingerprint density at radius 3 is 0.760 bits per heavy atom. The molecule has 4 fully saturated rings. The van der Waals surface area contributed by atoms with Gasteiger partial charge in [-0.1, -0.05) is 29.7 Å². The Kier molecular flexibility index (Phi) is 33.0. The maximum absolute atomic E-state index is 16.0. The van der Waals surface area contributed by atoms with Crippen molar-refractivity contribution >= 4 is 64.3 Å². The summed E-state index contributed by atoms with van der Waals surface area (Å²) in [7, 11) is -20.9. The molecular weight excluding hydrogens is 1490 g/mol. The number of piperidine rings is 4. The van der Waals surface area contributed by atoms with Crippen LogP contribution in [0, 0.1) is 23.7 Å². The van der Waals surface area contributed by atoms with E-state index in [0.29, 0.717) is 0 Å². The summed E-state index contributed by atoms with van der Waals surface area (Å²) in [6, 6.07) is 3.46. The van der Waals surface area contributed by atoms with Gasteiger partial charge in [-0.15, -0.1) is 11.5 Å². The number of carboxylic acid groups (broad SMARTS) is 4. The van der Waals surface area contributed by atoms with Crippen LogP contribution >= 0.6 is 0 Å². The van der Waals surface area contributed by atoms with Crippen LogP contribution in [0.15, 0.2) is 24.3 Å². The van der Waals surface area contributed by atoms with E-state index in [2.05, 4.69) is 0 Å². The topological polar surface area (TPSA) is 553 Å². The van der Waals surface area contributed by atoms with E-state index in [-0.39, 0.29) is 222 Å². The second kappa shape index (κ2) is 37.6. The summed E-state index contributed by atoms with van der Waals surface area (Å²) < 4.78 is 148. The minimum Gasteiger partial charge on any atom is -0.872 e. The van der Waals surface area contributed by atoms with Gasteiger partial charge in [-0.25, -0.2) is 0 Å². The minimum absolute atomic E-state index is 0. The molecule has 9 rings (SSSR count). The van der Waals surface area contributed by atoms with Crippen LogP contribution in [0.5, 0.6) is 46.0 Å². The normalized spacial score (nSPS) is 22.3. The number of benzene rings is 4. The van der Waals surface area contributed by atoms with Crippen molar-refractivity contribution in [3.05, 3.63) is 91.0 Å². The van der Waals surface area contributed by atoms with Crippen LogP contribution in [-0.4, -0.2) is 212 Å². The molecule has 0 spiro atoms. The smallest absolute Gasteiger partial charge is 0.872 e. The standard InChI is InChI=1S/C64H84N4O28S4.4Na/c69-53-41-21-42(54(70)49(53)29-65-13-1-5-33(25-65)61(77)78)38(10-18-98(88,89)90)44-23-46(58(74)51(56(44)72)31-67-15-3-7-35(27-67)63(81)82)40(12-20-100(94,95)96)48-24-47(59(75)52(60(48)76)32-68-16-4-8-36(28-68)64(83)84)39(11-19-99(91,92)93)45-22-43(37(41)9-17-97(85,86)87)55(71)50(57(45)73)30-66-14-2-6-34(26-66)62(79)80;;;;/h21-24,33-40,69-76H,1-20,25-32H2,(H,77,78)(H,79,80)(H,81,82)(H,83,84)(H,85,86,87)(H,88,89,90)(H,91,92,93)(H,94,95,96);;;;/q;4*+1/p-4/t33-,34-,35-,36-,37?,38?,39?,40?;;;;/m1..../s1. The van der Waals surface area contributed by atoms with Crippen molar-refractivity contribution in [2.45, 2.75) is 127 Å². The van der Waals surface area contributed by atoms with Gasteiger partial charge in [-0.3, -0.25) is 57.0 Å². The third-order valence-electron chi connectivity index (χ3n) is 20.2. The zero-order valence-electron chi connectivity index (χ0n) is 58.0. The summed E-state index contributed by atoms with van der Waals surface area (Å²) in [6.07, 6.45) is -2.73. The molecule has 4 aliphatic heterocycles. The van der Waals surface area contributed by atoms with Gasteiger partial charge >= 0.3 is 142 Å². The third kappa shape index (κ3) is 22.5. The first-order chi connectivity index (χ1) is 46.7. The summed E-state index contributed by atoms with van der Waals surface area (Å²) in [5.74, 6) is -32.0. The van der Waals surface area contributed by atoms with Crippen LogP contribution in [0.25, 0.3) is 0 Å². The number of phenols is 4. The molecule has 8 atom stereocenters. The molecule has 4 saturated heterocycles. The zero-order valence-corrected chi connectivity index (χ0v) is 69.3. The molecule has 0 amide bonds. The fourth-order valence-corrected chi connectivity index (χ4v) is 17.3. The number of hydrogen-bond acceptors (Lipinski definition) is 24. The van der Waals surface area contributed by atoms with Crippen molar-refractivity contribution in [3.8, 4) is 46.0 Å². The Hall–Kier alpha value is -3.36. The summed E-state index contributed by atoms with van der Waals surface area (Å²) >= 11 is 0. The first-order valence-corrected chi connectivity index (χ1v) is 39.0. The van der Waals surface area contributed by atoms with Crippen LogP contribution in [-0.2, 0) is 85.8 Å². The minimum atomic E-state index is -5.22. The number of aromatic hydroxyl groups is 4. The Labute approximate surface area is 690 Å². The Bertz CT molecular complexity index is 3670. The third-order valence-corrected chi connectivity index (χ3v) is 23.2. The number of aliphatic carboxylic acids is 4. The van der Waals surface area contributed by atoms with Gasteiger partial charge in [0.2, 0.25) is 0 Å². The fraction of sp³-hybridized carbons (Fsp3) is 0.562. The van der Waals surface area contributed by atoms with Crippen molar-refractivity contribution in [1.82, 2.24) is 19.6 Å². The molecule has 0 aromatic heterocycles. The van der Waals surface area contributed by atoms with Crippen molar-refractivity contribution < 1.29 is 251 Å². The van der Waals surface area contributed by atoms with E-state index >= 15 is 20.4 Å². The molecule has 4 heterocycles. The number of likely N-dealkylation sites (tertiary alicyclic amines) is 4. The largest absolute Gasteiger partial charge is 1.00 e. The van der Waals surface area contributed by atoms with E-state index in [4.69, 9.17) is 0 Å². The monoisotopic (exact) mass is 1570 g/mol. The molecule has 5 aliphatic rings. The SMILES string of the molecule is O=C(O)[C@@H]1CCCN(Cc2c([O-])c3cc(c2[O-])C(CCS(=O)(=O)O)c2cc(c([O-])c(CN4CCC[C@@H](C(=O)O)C4)c2O)C(CCS(=O)(=O)O)c2cc(c(O)c(CN4CCC[C@@H](C(=O)O)C4)c2O)C(CCS(=O)(=O)O)c2cc(c(O)c(CN4CCC[C@@H](C(=O)O)C4)c2[O-])C3CCS(=O)(=O)O)C1.[Na+].[Na+].[Na+].[Na+]. The number of carboxylic acids is 4. The van der Waals surface area contributed by atoms with Gasteiger partial charge < -0.3 is 61.3 Å². The number of nitrogens with zero attached hydrogens (tertiary/aromatic N) is 4. The number of fused-ring (bicyclic) bond motifs is 8. The van der Waals surface area contributed by atoms with Gasteiger partial charge in [0.15, 0.2) is 0 Å². The van der Waals surface area contributed by atoms with E-state index in [1.165, 1.54) is 19.6 Å². The first kappa shape index (κ1) is 91.3. The quantitative estimate of drug-likeness (QED) is 0.0229. The Morgan fingerprint density at radius 2 is 0.529 bits per heavy atom. The first-order valence-electron chi connectivity index (χ1n) is 32.5. The molecule has 32 nitrogen and oxygen atoms in total. The molecule has 0 radical (unpaired) electrons. The van der Waals surface area contributed by atoms with Crippen LogP contribution in [0.1, 0.15) is 167 Å². The Morgan fingerprint density at radius 1 is 0.337 bits per heavy atom. The number of hydrogen-bond donors (Lipinski definition) is 12. The molecule has 12 N–H and O–H groups in total. The summed E-state index contributed by atoms with van der Waals surface area (Å²) in [5.41, 5.74) is -8.02. The molecule has 0 saturated carbocycles. The average molecular weight is 1570 g/mol. The van der Waals surface area contributed by atoms with Gasteiger partial charge in [-0.2, -0.15) is 33.7 Å². The number of carbonyl (C=O) groups is 4. The zero-order chi connectivity index (χ0) is 73.4. The number of phenolic OH excluding ortho intramolecular Hbond substituents is 4. The molecule has 8 bridgehead atoms. The average Bonchev–Trinajstić information content (AvgIpc) is 0.735. The molecule has 104 heavy (non-hydrogen) atoms. The molecular formula is C64H80N4Na4O28S4. The fourth-order valence-electron chi connectivity index (χ4n) is 15.2. The van der Waals surface area contributed by atoms with Gasteiger partial charge in [0.1, 0.15) is 23.0 Å². The van der Waals surface area contributed by atoms with Crippen molar-refractivity contribution in [1.29, 1.82) is 0 Å². The molecule has 552 valence electrons. The van der Waals surface area contributed by atoms with Crippen LogP contribution in [0.2, 0.25) is 0 Å². The van der Waals surface area contributed by atoms with Gasteiger partial charge in [0.05, 0.1) is 52.2 Å². The maximum Gasteiger partial charge on any atom is 1.00 e. The predicted molar refractivity (Wildman–Crippen MR) is 344 cm³/mol. The van der Waals surface area contributed by atoms with E-state index < -0.39 is 299 Å². The second-order valence-electron chi connectivity index (χ2n) is 27.0. The predicted octanol–water partition coefficient (Wildman–Crippen LogP) is -10.0.